The average molecular weight is 711 g/mol. The second kappa shape index (κ2) is 16.1. The first-order valence-electron chi connectivity index (χ1n) is 14.8. The molecular formula is C35H37BrClN3O4S. The fourth-order valence-corrected chi connectivity index (χ4v) is 6.62. The van der Waals surface area contributed by atoms with Gasteiger partial charge in [-0.15, -0.1) is 0 Å². The molecule has 0 spiro atoms. The van der Waals surface area contributed by atoms with Crippen molar-refractivity contribution in [3.63, 3.8) is 0 Å². The van der Waals surface area contributed by atoms with E-state index in [-0.39, 0.29) is 23.8 Å². The Morgan fingerprint density at radius 2 is 1.51 bits per heavy atom. The Kier molecular flexibility index (Phi) is 12.2. The quantitative estimate of drug-likeness (QED) is 0.141. The Hall–Kier alpha value is -3.66. The molecule has 7 nitrogen and oxygen atoms in total. The molecule has 0 aliphatic carbocycles. The topological polar surface area (TPSA) is 86.8 Å². The molecule has 0 radical (unpaired) electrons. The lowest BCUT2D eigenvalue weighted by Crippen LogP contribution is -2.53. The number of amides is 2. The third-order valence-electron chi connectivity index (χ3n) is 7.37. The molecule has 236 valence electrons. The van der Waals surface area contributed by atoms with Gasteiger partial charge in [-0.05, 0) is 73.0 Å². The van der Waals surface area contributed by atoms with Crippen molar-refractivity contribution in [2.24, 2.45) is 0 Å². The largest absolute Gasteiger partial charge is 0.354 e. The van der Waals surface area contributed by atoms with Gasteiger partial charge in [0.15, 0.2) is 0 Å². The fraction of sp³-hybridized carbons (Fsp3) is 0.257. The number of aryl methyl sites for hydroxylation is 1. The Balaban J connectivity index is 1.78. The maximum atomic E-state index is 14.5. The molecule has 0 aromatic heterocycles. The van der Waals surface area contributed by atoms with Gasteiger partial charge in [-0.1, -0.05) is 101 Å². The van der Waals surface area contributed by atoms with Crippen molar-refractivity contribution in [1.29, 1.82) is 0 Å². The number of nitrogens with one attached hydrogen (secondary N) is 1. The van der Waals surface area contributed by atoms with Gasteiger partial charge in [0.25, 0.3) is 10.0 Å². The molecule has 2 amide bonds. The van der Waals surface area contributed by atoms with Crippen LogP contribution in [0.15, 0.2) is 112 Å². The van der Waals surface area contributed by atoms with Crippen LogP contribution in [0.4, 0.5) is 5.69 Å². The second-order valence-electron chi connectivity index (χ2n) is 10.8. The van der Waals surface area contributed by atoms with E-state index in [9.17, 15) is 18.0 Å². The van der Waals surface area contributed by atoms with Crippen molar-refractivity contribution in [3.8, 4) is 0 Å². The van der Waals surface area contributed by atoms with Crippen molar-refractivity contribution in [2.45, 2.75) is 50.6 Å². The van der Waals surface area contributed by atoms with Gasteiger partial charge < -0.3 is 10.2 Å². The molecule has 0 bridgehead atoms. The smallest absolute Gasteiger partial charge is 0.264 e. The molecule has 0 saturated heterocycles. The van der Waals surface area contributed by atoms with Gasteiger partial charge >= 0.3 is 0 Å². The molecule has 0 saturated carbocycles. The number of hydrogen-bond acceptors (Lipinski definition) is 4. The van der Waals surface area contributed by atoms with Gasteiger partial charge in [0.05, 0.1) is 10.6 Å². The summed E-state index contributed by atoms with van der Waals surface area (Å²) >= 11 is 9.51. The molecule has 4 aromatic rings. The van der Waals surface area contributed by atoms with E-state index in [0.717, 1.165) is 38.3 Å². The minimum atomic E-state index is -4.19. The molecule has 10 heteroatoms. The molecular weight excluding hydrogens is 674 g/mol. The van der Waals surface area contributed by atoms with Gasteiger partial charge in [0.2, 0.25) is 11.8 Å². The summed E-state index contributed by atoms with van der Waals surface area (Å²) in [5, 5.41) is 3.40. The van der Waals surface area contributed by atoms with Gasteiger partial charge in [0, 0.05) is 29.0 Å². The van der Waals surface area contributed by atoms with Crippen LogP contribution in [0.5, 0.6) is 0 Å². The number of benzene rings is 4. The minimum Gasteiger partial charge on any atom is -0.354 e. The molecule has 0 heterocycles. The van der Waals surface area contributed by atoms with Gasteiger partial charge in [-0.25, -0.2) is 8.42 Å². The normalized spacial score (nSPS) is 11.9. The zero-order valence-corrected chi connectivity index (χ0v) is 28.5. The number of nitrogens with zero attached hydrogens (tertiary/aromatic N) is 2. The van der Waals surface area contributed by atoms with Crippen LogP contribution >= 0.6 is 27.5 Å². The Morgan fingerprint density at radius 1 is 0.867 bits per heavy atom. The minimum absolute atomic E-state index is 0.00196. The molecule has 0 aliphatic rings. The van der Waals surface area contributed by atoms with E-state index < -0.39 is 28.5 Å². The molecule has 1 unspecified atom stereocenters. The predicted octanol–water partition coefficient (Wildman–Crippen LogP) is 7.16. The number of halogens is 2. The fourth-order valence-electron chi connectivity index (χ4n) is 4.82. The summed E-state index contributed by atoms with van der Waals surface area (Å²) in [6.07, 6.45) is 1.96. The maximum absolute atomic E-state index is 14.5. The first-order valence-corrected chi connectivity index (χ1v) is 17.4. The first-order chi connectivity index (χ1) is 21.6. The van der Waals surface area contributed by atoms with Gasteiger partial charge in [0.1, 0.15) is 12.6 Å². The average Bonchev–Trinajstić information content (AvgIpc) is 3.03. The number of carbonyl (C=O) groups is 2. The third kappa shape index (κ3) is 9.42. The van der Waals surface area contributed by atoms with E-state index in [0.29, 0.717) is 17.3 Å². The summed E-state index contributed by atoms with van der Waals surface area (Å²) in [5.74, 6) is -0.803. The summed E-state index contributed by atoms with van der Waals surface area (Å²) < 4.78 is 30.1. The third-order valence-corrected chi connectivity index (χ3v) is 9.94. The van der Waals surface area contributed by atoms with Crippen LogP contribution in [0.3, 0.4) is 0 Å². The number of carbonyl (C=O) groups excluding carboxylic acids is 2. The van der Waals surface area contributed by atoms with Crippen molar-refractivity contribution in [2.75, 3.05) is 17.4 Å². The van der Waals surface area contributed by atoms with E-state index in [4.69, 9.17) is 11.6 Å². The van der Waals surface area contributed by atoms with E-state index in [2.05, 4.69) is 21.2 Å². The molecule has 45 heavy (non-hydrogen) atoms. The van der Waals surface area contributed by atoms with Crippen molar-refractivity contribution >= 4 is 55.1 Å². The summed E-state index contributed by atoms with van der Waals surface area (Å²) in [5.41, 5.74) is 2.95. The number of hydrogen-bond donors (Lipinski definition) is 1. The molecule has 0 fully saturated rings. The number of rotatable bonds is 14. The van der Waals surface area contributed by atoms with Crippen LogP contribution in [0.1, 0.15) is 36.5 Å². The Morgan fingerprint density at radius 3 is 2.13 bits per heavy atom. The zero-order chi connectivity index (χ0) is 32.4. The highest BCUT2D eigenvalue weighted by molar-refractivity contribution is 9.10. The lowest BCUT2D eigenvalue weighted by Gasteiger charge is -2.34. The molecule has 0 aliphatic heterocycles. The first kappa shape index (κ1) is 34.2. The van der Waals surface area contributed by atoms with Crippen LogP contribution < -0.4 is 9.62 Å². The zero-order valence-electron chi connectivity index (χ0n) is 25.3. The summed E-state index contributed by atoms with van der Waals surface area (Å²) in [4.78, 5) is 29.8. The number of anilines is 1. The van der Waals surface area contributed by atoms with Crippen LogP contribution in [-0.2, 0) is 32.6 Å². The lowest BCUT2D eigenvalue weighted by atomic mass is 10.0. The molecule has 4 aromatic carbocycles. The highest BCUT2D eigenvalue weighted by Gasteiger charge is 2.34. The molecule has 1 atom stereocenters. The van der Waals surface area contributed by atoms with Gasteiger partial charge in [-0.2, -0.15) is 0 Å². The van der Waals surface area contributed by atoms with E-state index in [1.807, 2.05) is 68.4 Å². The van der Waals surface area contributed by atoms with E-state index >= 15 is 0 Å². The lowest BCUT2D eigenvalue weighted by molar-refractivity contribution is -0.140. The van der Waals surface area contributed by atoms with Crippen LogP contribution in [0, 0.1) is 6.92 Å². The van der Waals surface area contributed by atoms with Gasteiger partial charge in [-0.3, -0.25) is 13.9 Å². The van der Waals surface area contributed by atoms with Crippen molar-refractivity contribution in [3.05, 3.63) is 129 Å². The Bertz CT molecular complexity index is 1670. The maximum Gasteiger partial charge on any atom is 0.264 e. The van der Waals surface area contributed by atoms with Crippen LogP contribution in [0.25, 0.3) is 0 Å². The Labute approximate surface area is 279 Å². The monoisotopic (exact) mass is 709 g/mol. The van der Waals surface area contributed by atoms with E-state index in [1.165, 1.54) is 29.2 Å². The highest BCUT2D eigenvalue weighted by atomic mass is 79.9. The molecule has 4 rings (SSSR count). The summed E-state index contributed by atoms with van der Waals surface area (Å²) in [6, 6.07) is 28.9. The predicted molar refractivity (Wildman–Crippen MR) is 184 cm³/mol. The van der Waals surface area contributed by atoms with Crippen LogP contribution in [0.2, 0.25) is 5.02 Å². The highest BCUT2D eigenvalue weighted by Crippen LogP contribution is 2.26. The summed E-state index contributed by atoms with van der Waals surface area (Å²) in [6.45, 7) is 4.00. The number of unbranched alkanes of at least 4 members (excludes halogenated alkanes) is 1. The van der Waals surface area contributed by atoms with Crippen LogP contribution in [-0.4, -0.2) is 44.3 Å². The van der Waals surface area contributed by atoms with E-state index in [1.54, 1.807) is 24.3 Å². The van der Waals surface area contributed by atoms with Crippen molar-refractivity contribution in [1.82, 2.24) is 10.2 Å². The van der Waals surface area contributed by atoms with Crippen molar-refractivity contribution < 1.29 is 18.0 Å². The standard InChI is InChI=1S/C35H37BrClN3O4S/c1-3-4-22-38-35(42)33(23-27-8-6-5-7-9-27)39(24-28-12-14-29(36)15-13-28)34(41)25-40(31-18-10-26(2)11-19-31)45(43,44)32-20-16-30(37)17-21-32/h5-21,33H,3-4,22-25H2,1-2H3,(H,38,42). The molecule has 1 N–H and O–H groups in total. The summed E-state index contributed by atoms with van der Waals surface area (Å²) in [7, 11) is -4.19. The second-order valence-corrected chi connectivity index (χ2v) is 14.0. The number of sulfonamides is 1. The SMILES string of the molecule is CCCCNC(=O)C(Cc1ccccc1)N(Cc1ccc(Br)cc1)C(=O)CN(c1ccc(C)cc1)S(=O)(=O)c1ccc(Cl)cc1.